The third kappa shape index (κ3) is 3.38. The Balaban J connectivity index is 1.80. The quantitative estimate of drug-likeness (QED) is 0.819. The van der Waals surface area contributed by atoms with Crippen LogP contribution in [0.4, 0.5) is 5.69 Å². The maximum Gasteiger partial charge on any atom is 0.118 e. The largest absolute Gasteiger partial charge is 0.497 e. The van der Waals surface area contributed by atoms with E-state index in [-0.39, 0.29) is 0 Å². The Labute approximate surface area is 127 Å². The molecule has 0 aliphatic heterocycles. The predicted molar refractivity (Wildman–Crippen MR) is 87.9 cm³/mol. The number of methoxy groups -OCH3 is 1. The molecule has 1 unspecified atom stereocenters. The Morgan fingerprint density at radius 1 is 1.14 bits per heavy atom. The van der Waals surface area contributed by atoms with Gasteiger partial charge in [-0.2, -0.15) is 0 Å². The fourth-order valence-electron chi connectivity index (χ4n) is 2.77. The summed E-state index contributed by atoms with van der Waals surface area (Å²) in [7, 11) is 1.71. The van der Waals surface area contributed by atoms with Gasteiger partial charge >= 0.3 is 0 Å². The van der Waals surface area contributed by atoms with E-state index < -0.39 is 0 Å². The first kappa shape index (κ1) is 14.0. The Bertz CT molecular complexity index is 587. The van der Waals surface area contributed by atoms with Crippen LogP contribution in [-0.4, -0.2) is 7.11 Å². The van der Waals surface area contributed by atoms with Crippen LogP contribution in [0, 0.1) is 5.92 Å². The van der Waals surface area contributed by atoms with E-state index in [1.54, 1.807) is 7.11 Å². The van der Waals surface area contributed by atoms with Gasteiger partial charge in [-0.1, -0.05) is 31.2 Å². The van der Waals surface area contributed by atoms with E-state index in [4.69, 9.17) is 4.74 Å². The number of benzene rings is 2. The van der Waals surface area contributed by atoms with Gasteiger partial charge in [0, 0.05) is 5.69 Å². The Morgan fingerprint density at radius 3 is 2.52 bits per heavy atom. The van der Waals surface area contributed by atoms with Crippen molar-refractivity contribution < 1.29 is 4.74 Å². The van der Waals surface area contributed by atoms with Crippen molar-refractivity contribution in [3.8, 4) is 5.75 Å². The van der Waals surface area contributed by atoms with Crippen molar-refractivity contribution >= 4 is 5.69 Å². The van der Waals surface area contributed by atoms with Gasteiger partial charge in [0.1, 0.15) is 5.75 Å². The number of hydrogen-bond acceptors (Lipinski definition) is 2. The smallest absolute Gasteiger partial charge is 0.118 e. The average molecular weight is 281 g/mol. The molecule has 1 atom stereocenters. The van der Waals surface area contributed by atoms with Crippen LogP contribution in [0.25, 0.3) is 0 Å². The van der Waals surface area contributed by atoms with Gasteiger partial charge < -0.3 is 10.1 Å². The first-order chi connectivity index (χ1) is 10.3. The second kappa shape index (κ2) is 6.21. The highest BCUT2D eigenvalue weighted by Gasteiger charge is 2.32. The Hall–Kier alpha value is -1.96. The highest BCUT2D eigenvalue weighted by Crippen LogP contribution is 2.43. The molecule has 2 aromatic carbocycles. The lowest BCUT2D eigenvalue weighted by molar-refractivity contribution is 0.414. The molecule has 2 aromatic rings. The summed E-state index contributed by atoms with van der Waals surface area (Å²) in [5.41, 5.74) is 3.95. The Kier molecular flexibility index (Phi) is 4.14. The zero-order valence-electron chi connectivity index (χ0n) is 12.8. The molecule has 1 aliphatic rings. The van der Waals surface area contributed by atoms with Gasteiger partial charge in [0.2, 0.25) is 0 Å². The maximum atomic E-state index is 5.25. The van der Waals surface area contributed by atoms with Crippen LogP contribution in [0.3, 0.4) is 0 Å². The second-order valence-corrected chi connectivity index (χ2v) is 5.79. The zero-order valence-corrected chi connectivity index (χ0v) is 12.8. The summed E-state index contributed by atoms with van der Waals surface area (Å²) in [4.78, 5) is 0. The molecular weight excluding hydrogens is 258 g/mol. The van der Waals surface area contributed by atoms with Gasteiger partial charge in [0.15, 0.2) is 0 Å². The predicted octanol–water partition coefficient (Wildman–Crippen LogP) is 4.82. The molecule has 110 valence electrons. The van der Waals surface area contributed by atoms with Gasteiger partial charge in [-0.3, -0.25) is 0 Å². The van der Waals surface area contributed by atoms with Crippen molar-refractivity contribution in [3.05, 3.63) is 59.7 Å². The third-order valence-corrected chi connectivity index (χ3v) is 4.23. The lowest BCUT2D eigenvalue weighted by atomic mass is 10.0. The summed E-state index contributed by atoms with van der Waals surface area (Å²) in [6.07, 6.45) is 3.71. The molecule has 1 aliphatic carbocycles. The number of rotatable bonds is 6. The van der Waals surface area contributed by atoms with Crippen LogP contribution in [-0.2, 0) is 6.42 Å². The molecule has 3 rings (SSSR count). The number of ether oxygens (including phenoxy) is 1. The van der Waals surface area contributed by atoms with Crippen LogP contribution < -0.4 is 10.1 Å². The van der Waals surface area contributed by atoms with Gasteiger partial charge in [-0.25, -0.2) is 0 Å². The summed E-state index contributed by atoms with van der Waals surface area (Å²) in [5.74, 6) is 1.67. The van der Waals surface area contributed by atoms with E-state index in [1.165, 1.54) is 29.7 Å². The fraction of sp³-hybridized carbons (Fsp3) is 0.368. The molecule has 2 nitrogen and oxygen atoms in total. The van der Waals surface area contributed by atoms with Crippen molar-refractivity contribution in [2.45, 2.75) is 32.2 Å². The van der Waals surface area contributed by atoms with Gasteiger partial charge in [-0.05, 0) is 60.6 Å². The second-order valence-electron chi connectivity index (χ2n) is 5.79. The molecule has 1 saturated carbocycles. The molecular formula is C19H23NO. The SMILES string of the molecule is CCc1cccc(NC(c2ccc(OC)cc2)C2CC2)c1. The van der Waals surface area contributed by atoms with Crippen LogP contribution in [0.5, 0.6) is 5.75 Å². The minimum atomic E-state index is 0.406. The van der Waals surface area contributed by atoms with Crippen molar-refractivity contribution in [2.75, 3.05) is 12.4 Å². The van der Waals surface area contributed by atoms with E-state index in [1.807, 2.05) is 0 Å². The zero-order chi connectivity index (χ0) is 14.7. The first-order valence-electron chi connectivity index (χ1n) is 7.79. The van der Waals surface area contributed by atoms with Gasteiger partial charge in [0.05, 0.1) is 13.2 Å². The fourth-order valence-corrected chi connectivity index (χ4v) is 2.77. The molecule has 21 heavy (non-hydrogen) atoms. The monoisotopic (exact) mass is 281 g/mol. The van der Waals surface area contributed by atoms with E-state index in [0.29, 0.717) is 6.04 Å². The van der Waals surface area contributed by atoms with Crippen LogP contribution in [0.15, 0.2) is 48.5 Å². The van der Waals surface area contributed by atoms with Crippen molar-refractivity contribution in [3.63, 3.8) is 0 Å². The normalized spacial score (nSPS) is 15.5. The molecule has 0 saturated heterocycles. The summed E-state index contributed by atoms with van der Waals surface area (Å²) in [6, 6.07) is 17.6. The van der Waals surface area contributed by atoms with Gasteiger partial charge in [0.25, 0.3) is 0 Å². The maximum absolute atomic E-state index is 5.25. The minimum absolute atomic E-state index is 0.406. The lowest BCUT2D eigenvalue weighted by Gasteiger charge is -2.21. The standard InChI is InChI=1S/C19H23NO/c1-3-14-5-4-6-17(13-14)20-19(15-7-8-15)16-9-11-18(21-2)12-10-16/h4-6,9-13,15,19-20H,3,7-8H2,1-2H3. The third-order valence-electron chi connectivity index (χ3n) is 4.23. The number of aryl methyl sites for hydroxylation is 1. The Morgan fingerprint density at radius 2 is 1.90 bits per heavy atom. The topological polar surface area (TPSA) is 21.3 Å². The van der Waals surface area contributed by atoms with Crippen LogP contribution in [0.2, 0.25) is 0 Å². The number of anilines is 1. The van der Waals surface area contributed by atoms with Crippen molar-refractivity contribution in [2.24, 2.45) is 5.92 Å². The van der Waals surface area contributed by atoms with E-state index in [2.05, 4.69) is 60.8 Å². The summed E-state index contributed by atoms with van der Waals surface area (Å²) >= 11 is 0. The molecule has 0 bridgehead atoms. The minimum Gasteiger partial charge on any atom is -0.497 e. The highest BCUT2D eigenvalue weighted by molar-refractivity contribution is 5.48. The molecule has 0 aromatic heterocycles. The van der Waals surface area contributed by atoms with Crippen molar-refractivity contribution in [1.82, 2.24) is 0 Å². The average Bonchev–Trinajstić information content (AvgIpc) is 3.38. The lowest BCUT2D eigenvalue weighted by Crippen LogP contribution is -2.13. The van der Waals surface area contributed by atoms with E-state index in [0.717, 1.165) is 18.1 Å². The van der Waals surface area contributed by atoms with E-state index in [9.17, 15) is 0 Å². The number of nitrogens with one attached hydrogen (secondary N) is 1. The summed E-state index contributed by atoms with van der Waals surface area (Å²) < 4.78 is 5.25. The van der Waals surface area contributed by atoms with E-state index >= 15 is 0 Å². The molecule has 0 radical (unpaired) electrons. The molecule has 0 amide bonds. The van der Waals surface area contributed by atoms with Crippen LogP contribution >= 0.6 is 0 Å². The summed E-state index contributed by atoms with van der Waals surface area (Å²) in [5, 5.41) is 3.73. The molecule has 0 spiro atoms. The van der Waals surface area contributed by atoms with Gasteiger partial charge in [-0.15, -0.1) is 0 Å². The highest BCUT2D eigenvalue weighted by atomic mass is 16.5. The molecule has 1 N–H and O–H groups in total. The van der Waals surface area contributed by atoms with Crippen LogP contribution in [0.1, 0.15) is 36.9 Å². The molecule has 0 heterocycles. The molecule has 1 fully saturated rings. The number of hydrogen-bond donors (Lipinski definition) is 1. The first-order valence-corrected chi connectivity index (χ1v) is 7.79. The molecule has 2 heteroatoms. The summed E-state index contributed by atoms with van der Waals surface area (Å²) in [6.45, 7) is 2.20. The van der Waals surface area contributed by atoms with Crippen molar-refractivity contribution in [1.29, 1.82) is 0 Å².